The number of amides is 1. The van der Waals surface area contributed by atoms with Gasteiger partial charge >= 0.3 is 18.1 Å². The van der Waals surface area contributed by atoms with Gasteiger partial charge in [-0.15, -0.1) is 0 Å². The number of allylic oxidation sites excluding steroid dienone is 1. The van der Waals surface area contributed by atoms with E-state index in [0.717, 1.165) is 37.5 Å². The first-order valence-corrected chi connectivity index (χ1v) is 11.1. The summed E-state index contributed by atoms with van der Waals surface area (Å²) in [5.74, 6) is -4.76. The van der Waals surface area contributed by atoms with Gasteiger partial charge in [0.05, 0.1) is 0 Å². The number of ether oxygens (including phenoxy) is 1. The summed E-state index contributed by atoms with van der Waals surface area (Å²) < 4.78 is 41.3. The predicted octanol–water partition coefficient (Wildman–Crippen LogP) is 4.34. The minimum absolute atomic E-state index is 0.185. The monoisotopic (exact) mass is 502 g/mol. The molecular formula is C26H25F3N2O5. The maximum atomic E-state index is 12.5. The molecule has 7 nitrogen and oxygen atoms in total. The third-order valence-electron chi connectivity index (χ3n) is 5.81. The van der Waals surface area contributed by atoms with Crippen LogP contribution in [0.4, 0.5) is 13.2 Å². The van der Waals surface area contributed by atoms with Crippen LogP contribution >= 0.6 is 0 Å². The van der Waals surface area contributed by atoms with Crippen molar-refractivity contribution < 1.29 is 37.5 Å². The Morgan fingerprint density at radius 1 is 1.00 bits per heavy atom. The van der Waals surface area contributed by atoms with Crippen molar-refractivity contribution in [1.29, 1.82) is 0 Å². The number of nitrogens with zero attached hydrogens (tertiary/aromatic N) is 1. The number of piperidine rings is 1. The number of hydrogen-bond donors (Lipinski definition) is 2. The van der Waals surface area contributed by atoms with E-state index in [9.17, 15) is 27.6 Å². The van der Waals surface area contributed by atoms with Crippen LogP contribution in [0.25, 0.3) is 12.2 Å². The maximum absolute atomic E-state index is 12.5. The normalized spacial score (nSPS) is 15.6. The van der Waals surface area contributed by atoms with Crippen molar-refractivity contribution in [2.24, 2.45) is 0 Å². The number of carbonyl (C=O) groups is 3. The maximum Gasteiger partial charge on any atom is 0.491 e. The molecule has 1 heterocycles. The van der Waals surface area contributed by atoms with Gasteiger partial charge < -0.3 is 9.64 Å². The zero-order valence-electron chi connectivity index (χ0n) is 19.4. The molecule has 0 saturated carbocycles. The fourth-order valence-electron chi connectivity index (χ4n) is 3.74. The lowest BCUT2D eigenvalue weighted by atomic mass is 9.89. The van der Waals surface area contributed by atoms with E-state index in [4.69, 9.17) is 5.21 Å². The summed E-state index contributed by atoms with van der Waals surface area (Å²) in [7, 11) is 2.11. The van der Waals surface area contributed by atoms with Crippen LogP contribution in [0.5, 0.6) is 0 Å². The van der Waals surface area contributed by atoms with E-state index >= 15 is 0 Å². The van der Waals surface area contributed by atoms with Gasteiger partial charge in [0.15, 0.2) is 11.5 Å². The van der Waals surface area contributed by atoms with Crippen molar-refractivity contribution in [2.75, 3.05) is 20.1 Å². The number of benzene rings is 2. The number of alkyl halides is 3. The van der Waals surface area contributed by atoms with Gasteiger partial charge in [-0.2, -0.15) is 13.2 Å². The molecule has 0 radical (unpaired) electrons. The highest BCUT2D eigenvalue weighted by molar-refractivity contribution is 6.06. The molecule has 190 valence electrons. The van der Waals surface area contributed by atoms with Crippen LogP contribution in [0.15, 0.2) is 60.4 Å². The van der Waals surface area contributed by atoms with Crippen molar-refractivity contribution in [1.82, 2.24) is 10.4 Å². The van der Waals surface area contributed by atoms with E-state index in [1.54, 1.807) is 18.2 Å². The number of ketones is 1. The summed E-state index contributed by atoms with van der Waals surface area (Å²) >= 11 is 0. The van der Waals surface area contributed by atoms with Crippen LogP contribution in [-0.2, 0) is 14.3 Å². The summed E-state index contributed by atoms with van der Waals surface area (Å²) in [6.45, 7) is 2.11. The molecule has 2 aromatic carbocycles. The van der Waals surface area contributed by atoms with E-state index in [-0.39, 0.29) is 11.3 Å². The highest BCUT2D eigenvalue weighted by Gasteiger charge is 2.42. The minimum Gasteiger partial charge on any atom is -0.414 e. The van der Waals surface area contributed by atoms with Gasteiger partial charge in [0, 0.05) is 5.56 Å². The molecule has 2 N–H and O–H groups in total. The number of esters is 1. The van der Waals surface area contributed by atoms with Crippen molar-refractivity contribution in [2.45, 2.75) is 24.9 Å². The molecular weight excluding hydrogens is 477 g/mol. The fourth-order valence-corrected chi connectivity index (χ4v) is 3.74. The third kappa shape index (κ3) is 7.37. The average Bonchev–Trinajstić information content (AvgIpc) is 2.87. The topological polar surface area (TPSA) is 95.9 Å². The Morgan fingerprint density at radius 3 is 2.14 bits per heavy atom. The van der Waals surface area contributed by atoms with Gasteiger partial charge in [0.1, 0.15) is 0 Å². The van der Waals surface area contributed by atoms with Crippen LogP contribution in [0.3, 0.4) is 0 Å². The molecule has 1 amide bonds. The minimum atomic E-state index is -5.32. The molecule has 0 atom stereocenters. The molecule has 2 aromatic rings. The van der Waals surface area contributed by atoms with E-state index in [2.05, 4.69) is 16.7 Å². The highest BCUT2D eigenvalue weighted by Crippen LogP contribution is 2.27. The zero-order chi connectivity index (χ0) is 26.3. The van der Waals surface area contributed by atoms with E-state index < -0.39 is 23.8 Å². The van der Waals surface area contributed by atoms with Gasteiger partial charge in [-0.1, -0.05) is 54.6 Å². The largest absolute Gasteiger partial charge is 0.491 e. The number of halogens is 3. The predicted molar refractivity (Wildman–Crippen MR) is 126 cm³/mol. The van der Waals surface area contributed by atoms with Crippen LogP contribution < -0.4 is 5.48 Å². The fraction of sp³-hybridized carbons (Fsp3) is 0.269. The summed E-state index contributed by atoms with van der Waals surface area (Å²) in [4.78, 5) is 37.4. The third-order valence-corrected chi connectivity index (χ3v) is 5.81. The zero-order valence-corrected chi connectivity index (χ0v) is 19.4. The lowest BCUT2D eigenvalue weighted by molar-refractivity contribution is -0.195. The molecule has 0 unspecified atom stereocenters. The van der Waals surface area contributed by atoms with Gasteiger partial charge in [-0.25, -0.2) is 10.3 Å². The molecule has 1 saturated heterocycles. The molecule has 0 bridgehead atoms. The van der Waals surface area contributed by atoms with Crippen molar-refractivity contribution in [3.05, 3.63) is 82.6 Å². The second-order valence-corrected chi connectivity index (χ2v) is 8.40. The first kappa shape index (κ1) is 26.8. The second-order valence-electron chi connectivity index (χ2n) is 8.40. The van der Waals surface area contributed by atoms with E-state index in [1.165, 1.54) is 23.8 Å². The summed E-state index contributed by atoms with van der Waals surface area (Å²) in [6.07, 6.45) is 0.706. The van der Waals surface area contributed by atoms with Gasteiger partial charge in [-0.05, 0) is 67.7 Å². The van der Waals surface area contributed by atoms with Gasteiger partial charge in [0.25, 0.3) is 0 Å². The number of hydrogen-bond acceptors (Lipinski definition) is 6. The van der Waals surface area contributed by atoms with Crippen molar-refractivity contribution >= 4 is 29.8 Å². The lowest BCUT2D eigenvalue weighted by Crippen LogP contribution is -2.30. The number of nitrogens with one attached hydrogen (secondary N) is 1. The second kappa shape index (κ2) is 11.8. The molecule has 0 aliphatic carbocycles. The number of rotatable bonds is 7. The van der Waals surface area contributed by atoms with Crippen molar-refractivity contribution in [3.63, 3.8) is 0 Å². The van der Waals surface area contributed by atoms with Crippen LogP contribution in [-0.4, -0.2) is 54.1 Å². The lowest BCUT2D eigenvalue weighted by Gasteiger charge is -2.29. The van der Waals surface area contributed by atoms with Crippen LogP contribution in [0.2, 0.25) is 0 Å². The van der Waals surface area contributed by atoms with Gasteiger partial charge in [0.2, 0.25) is 0 Å². The summed E-state index contributed by atoms with van der Waals surface area (Å²) in [6, 6.07) is 13.6. The summed E-state index contributed by atoms with van der Waals surface area (Å²) in [5.41, 5.74) is 3.73. The number of carbonyl (C=O) groups excluding carboxylic acids is 3. The van der Waals surface area contributed by atoms with E-state index in [0.29, 0.717) is 17.0 Å². The molecule has 36 heavy (non-hydrogen) atoms. The Hall–Kier alpha value is -3.76. The Kier molecular flexibility index (Phi) is 8.78. The Labute approximate surface area is 205 Å². The standard InChI is InChI=1S/C26H25F3N2O5/c1-31-14-12-20(13-15-31)19-7-9-21(10-8-19)22(32)11-6-17-2-4-18(5-3-17)16-23(24(33)30-35)36-25(34)26(27,28)29/h2-11,16,20,35H,12-15H2,1H3,(H,30,33)/b11-6+,23-16+. The molecule has 1 aliphatic rings. The highest BCUT2D eigenvalue weighted by atomic mass is 19.4. The first-order chi connectivity index (χ1) is 17.1. The molecule has 1 fully saturated rings. The smallest absolute Gasteiger partial charge is 0.414 e. The average molecular weight is 502 g/mol. The first-order valence-electron chi connectivity index (χ1n) is 11.1. The van der Waals surface area contributed by atoms with Crippen molar-refractivity contribution in [3.8, 4) is 0 Å². The molecule has 3 rings (SSSR count). The number of likely N-dealkylation sites (tertiary alicyclic amines) is 1. The Bertz CT molecular complexity index is 1150. The quantitative estimate of drug-likeness (QED) is 0.146. The SMILES string of the molecule is CN1CCC(c2ccc(C(=O)/C=C/c3ccc(/C=C(/OC(=O)C(F)(F)F)C(=O)NO)cc3)cc2)CC1. The Balaban J connectivity index is 1.65. The molecule has 10 heteroatoms. The molecule has 0 spiro atoms. The summed E-state index contributed by atoms with van der Waals surface area (Å²) in [5, 5.41) is 8.69. The van der Waals surface area contributed by atoms with Crippen LogP contribution in [0, 0.1) is 0 Å². The molecule has 0 aromatic heterocycles. The van der Waals surface area contributed by atoms with E-state index in [1.807, 2.05) is 24.3 Å². The Morgan fingerprint density at radius 2 is 1.58 bits per heavy atom. The van der Waals surface area contributed by atoms with Crippen LogP contribution in [0.1, 0.15) is 45.8 Å². The molecule has 1 aliphatic heterocycles. The number of hydroxylamine groups is 1. The van der Waals surface area contributed by atoms with Gasteiger partial charge in [-0.3, -0.25) is 14.8 Å².